The van der Waals surface area contributed by atoms with Crippen LogP contribution in [-0.4, -0.2) is 19.2 Å². The summed E-state index contributed by atoms with van der Waals surface area (Å²) in [6, 6.07) is 8.87. The van der Waals surface area contributed by atoms with Gasteiger partial charge in [-0.25, -0.2) is 0 Å². The minimum atomic E-state index is 0.499. The standard InChI is InChI=1S/C17H23NO/c1-3-5-6-10-16(18-4-2)15-12-14-9-7-8-11-17(14)19-13-15/h7-9,11,15-16,18H,4,6,10,12-13H2,1-2H3. The molecule has 1 aromatic carbocycles. The monoisotopic (exact) mass is 257 g/mol. The zero-order valence-electron chi connectivity index (χ0n) is 11.9. The second-order valence-electron chi connectivity index (χ2n) is 5.01. The molecule has 0 aromatic heterocycles. The summed E-state index contributed by atoms with van der Waals surface area (Å²) in [6.07, 6.45) is 3.17. The van der Waals surface area contributed by atoms with Gasteiger partial charge in [0.1, 0.15) is 5.75 Å². The number of fused-ring (bicyclic) bond motifs is 1. The number of benzene rings is 1. The summed E-state index contributed by atoms with van der Waals surface area (Å²) >= 11 is 0. The van der Waals surface area contributed by atoms with Crippen LogP contribution in [-0.2, 0) is 6.42 Å². The molecule has 0 radical (unpaired) electrons. The van der Waals surface area contributed by atoms with Crippen LogP contribution >= 0.6 is 0 Å². The third kappa shape index (κ3) is 3.75. The largest absolute Gasteiger partial charge is 0.493 e. The highest BCUT2D eigenvalue weighted by Gasteiger charge is 2.26. The van der Waals surface area contributed by atoms with Crippen LogP contribution in [0, 0.1) is 17.8 Å². The predicted molar refractivity (Wildman–Crippen MR) is 79.3 cm³/mol. The van der Waals surface area contributed by atoms with Gasteiger partial charge in [0, 0.05) is 18.4 Å². The summed E-state index contributed by atoms with van der Waals surface area (Å²) in [7, 11) is 0. The van der Waals surface area contributed by atoms with Gasteiger partial charge in [-0.05, 0) is 37.9 Å². The van der Waals surface area contributed by atoms with Crippen LogP contribution in [0.2, 0.25) is 0 Å². The van der Waals surface area contributed by atoms with Crippen LogP contribution in [0.25, 0.3) is 0 Å². The molecule has 0 bridgehead atoms. The third-order valence-corrected chi connectivity index (χ3v) is 3.70. The molecule has 2 rings (SSSR count). The SMILES string of the molecule is CC#CCCC(NCC)C1COc2ccccc2C1. The molecule has 0 amide bonds. The van der Waals surface area contributed by atoms with E-state index >= 15 is 0 Å². The average Bonchev–Trinajstić information content (AvgIpc) is 2.46. The van der Waals surface area contributed by atoms with E-state index in [0.717, 1.165) is 38.2 Å². The maximum Gasteiger partial charge on any atom is 0.122 e. The quantitative estimate of drug-likeness (QED) is 0.819. The van der Waals surface area contributed by atoms with Crippen LogP contribution in [0.3, 0.4) is 0 Å². The van der Waals surface area contributed by atoms with Crippen molar-refractivity contribution in [3.05, 3.63) is 29.8 Å². The average molecular weight is 257 g/mol. The molecule has 0 spiro atoms. The molecule has 2 heteroatoms. The van der Waals surface area contributed by atoms with E-state index in [4.69, 9.17) is 4.74 Å². The third-order valence-electron chi connectivity index (χ3n) is 3.70. The summed E-state index contributed by atoms with van der Waals surface area (Å²) in [5.41, 5.74) is 1.34. The molecule has 1 N–H and O–H groups in total. The van der Waals surface area contributed by atoms with E-state index in [0.29, 0.717) is 12.0 Å². The van der Waals surface area contributed by atoms with Gasteiger partial charge in [0.15, 0.2) is 0 Å². The topological polar surface area (TPSA) is 21.3 Å². The highest BCUT2D eigenvalue weighted by atomic mass is 16.5. The molecular formula is C17H23NO. The van der Waals surface area contributed by atoms with Gasteiger partial charge in [-0.1, -0.05) is 25.1 Å². The number of nitrogens with one attached hydrogen (secondary N) is 1. The molecule has 2 nitrogen and oxygen atoms in total. The van der Waals surface area contributed by atoms with Crippen LogP contribution in [0.1, 0.15) is 32.3 Å². The molecule has 0 saturated heterocycles. The van der Waals surface area contributed by atoms with E-state index in [-0.39, 0.29) is 0 Å². The molecule has 1 aliphatic rings. The van der Waals surface area contributed by atoms with Crippen LogP contribution < -0.4 is 10.1 Å². The van der Waals surface area contributed by atoms with Gasteiger partial charge in [0.2, 0.25) is 0 Å². The van der Waals surface area contributed by atoms with Gasteiger partial charge >= 0.3 is 0 Å². The zero-order valence-corrected chi connectivity index (χ0v) is 11.9. The van der Waals surface area contributed by atoms with Gasteiger partial charge in [0.05, 0.1) is 6.61 Å². The summed E-state index contributed by atoms with van der Waals surface area (Å²) in [4.78, 5) is 0. The molecule has 0 saturated carbocycles. The Kier molecular flexibility index (Phi) is 5.30. The first-order valence-corrected chi connectivity index (χ1v) is 7.18. The molecule has 19 heavy (non-hydrogen) atoms. The Hall–Kier alpha value is -1.46. The van der Waals surface area contributed by atoms with Crippen LogP contribution in [0.4, 0.5) is 0 Å². The number of rotatable bonds is 5. The lowest BCUT2D eigenvalue weighted by Gasteiger charge is -2.32. The second kappa shape index (κ2) is 7.21. The molecule has 0 fully saturated rings. The van der Waals surface area contributed by atoms with Gasteiger partial charge < -0.3 is 10.1 Å². The smallest absolute Gasteiger partial charge is 0.122 e. The Morgan fingerprint density at radius 1 is 1.42 bits per heavy atom. The Balaban J connectivity index is 2.00. The molecule has 1 aliphatic heterocycles. The fourth-order valence-corrected chi connectivity index (χ4v) is 2.73. The first-order chi connectivity index (χ1) is 9.35. The summed E-state index contributed by atoms with van der Waals surface area (Å²) < 4.78 is 5.89. The maximum atomic E-state index is 5.89. The van der Waals surface area contributed by atoms with E-state index in [1.54, 1.807) is 0 Å². The van der Waals surface area contributed by atoms with Crippen molar-refractivity contribution in [2.45, 2.75) is 39.2 Å². The predicted octanol–water partition coefficient (Wildman–Crippen LogP) is 3.02. The maximum absolute atomic E-state index is 5.89. The van der Waals surface area contributed by atoms with Crippen molar-refractivity contribution in [2.24, 2.45) is 5.92 Å². The first-order valence-electron chi connectivity index (χ1n) is 7.18. The summed E-state index contributed by atoms with van der Waals surface area (Å²) in [6.45, 7) is 5.88. The van der Waals surface area contributed by atoms with Gasteiger partial charge in [-0.2, -0.15) is 0 Å². The summed E-state index contributed by atoms with van der Waals surface area (Å²) in [5.74, 6) is 7.75. The number of hydrogen-bond acceptors (Lipinski definition) is 2. The van der Waals surface area contributed by atoms with Crippen molar-refractivity contribution in [1.82, 2.24) is 5.32 Å². The van der Waals surface area contributed by atoms with Crippen molar-refractivity contribution in [2.75, 3.05) is 13.2 Å². The van der Waals surface area contributed by atoms with Crippen LogP contribution in [0.15, 0.2) is 24.3 Å². The molecule has 1 heterocycles. The molecule has 2 unspecified atom stereocenters. The Labute approximate surface area is 116 Å². The molecule has 2 atom stereocenters. The first kappa shape index (κ1) is 14.0. The molecule has 102 valence electrons. The van der Waals surface area contributed by atoms with E-state index < -0.39 is 0 Å². The molecule has 0 aliphatic carbocycles. The Morgan fingerprint density at radius 3 is 3.05 bits per heavy atom. The zero-order chi connectivity index (χ0) is 13.5. The highest BCUT2D eigenvalue weighted by molar-refractivity contribution is 5.35. The summed E-state index contributed by atoms with van der Waals surface area (Å²) in [5, 5.41) is 3.59. The van der Waals surface area contributed by atoms with Crippen molar-refractivity contribution in [1.29, 1.82) is 0 Å². The minimum Gasteiger partial charge on any atom is -0.493 e. The van der Waals surface area contributed by atoms with E-state index in [1.165, 1.54) is 5.56 Å². The van der Waals surface area contributed by atoms with Crippen LogP contribution in [0.5, 0.6) is 5.75 Å². The number of para-hydroxylation sites is 1. The molecule has 1 aromatic rings. The Bertz CT molecular complexity index is 458. The normalized spacial score (nSPS) is 18.7. The van der Waals surface area contributed by atoms with Crippen molar-refractivity contribution < 1.29 is 4.74 Å². The van der Waals surface area contributed by atoms with Crippen molar-refractivity contribution in [3.63, 3.8) is 0 Å². The fourth-order valence-electron chi connectivity index (χ4n) is 2.73. The molecular weight excluding hydrogens is 234 g/mol. The lowest BCUT2D eigenvalue weighted by Crippen LogP contribution is -2.41. The van der Waals surface area contributed by atoms with Crippen molar-refractivity contribution >= 4 is 0 Å². The van der Waals surface area contributed by atoms with E-state index in [9.17, 15) is 0 Å². The van der Waals surface area contributed by atoms with E-state index in [2.05, 4.69) is 42.3 Å². The second-order valence-corrected chi connectivity index (χ2v) is 5.01. The fraction of sp³-hybridized carbons (Fsp3) is 0.529. The number of hydrogen-bond donors (Lipinski definition) is 1. The lowest BCUT2D eigenvalue weighted by atomic mass is 9.88. The van der Waals surface area contributed by atoms with Gasteiger partial charge in [-0.15, -0.1) is 11.8 Å². The van der Waals surface area contributed by atoms with Gasteiger partial charge in [0.25, 0.3) is 0 Å². The van der Waals surface area contributed by atoms with Crippen molar-refractivity contribution in [3.8, 4) is 17.6 Å². The highest BCUT2D eigenvalue weighted by Crippen LogP contribution is 2.29. The minimum absolute atomic E-state index is 0.499. The number of ether oxygens (including phenoxy) is 1. The Morgan fingerprint density at radius 2 is 2.26 bits per heavy atom. The van der Waals surface area contributed by atoms with Gasteiger partial charge in [-0.3, -0.25) is 0 Å². The van der Waals surface area contributed by atoms with E-state index in [1.807, 2.05) is 13.0 Å². The lowest BCUT2D eigenvalue weighted by molar-refractivity contribution is 0.181.